The number of rotatable bonds is 7. The van der Waals surface area contributed by atoms with Crippen LogP contribution in [0, 0.1) is 5.92 Å². The van der Waals surface area contributed by atoms with E-state index in [0.29, 0.717) is 13.0 Å². The number of nitrogens with one attached hydrogen (secondary N) is 1. The van der Waals surface area contributed by atoms with Gasteiger partial charge in [0.15, 0.2) is 0 Å². The van der Waals surface area contributed by atoms with E-state index in [1.165, 1.54) is 4.31 Å². The molecule has 0 radical (unpaired) electrons. The largest absolute Gasteiger partial charge is 0.481 e. The number of carboxylic acid groups (broad SMARTS) is 1. The van der Waals surface area contributed by atoms with Crippen LogP contribution in [0.4, 0.5) is 0 Å². The van der Waals surface area contributed by atoms with Gasteiger partial charge < -0.3 is 5.11 Å². The molecular weight excluding hydrogens is 308 g/mol. The molecule has 0 saturated carbocycles. The van der Waals surface area contributed by atoms with Gasteiger partial charge in [-0.3, -0.25) is 4.79 Å². The quantitative estimate of drug-likeness (QED) is 0.622. The minimum atomic E-state index is -3.59. The fraction of sp³-hybridized carbons (Fsp3) is 0.900. The predicted octanol–water partition coefficient (Wildman–Crippen LogP) is -0.948. The molecule has 1 saturated heterocycles. The van der Waals surface area contributed by atoms with Crippen molar-refractivity contribution in [3.63, 3.8) is 0 Å². The maximum Gasteiger partial charge on any atom is 0.304 e. The first kappa shape index (κ1) is 17.3. The summed E-state index contributed by atoms with van der Waals surface area (Å²) >= 11 is 0. The van der Waals surface area contributed by atoms with Gasteiger partial charge in [-0.1, -0.05) is 0 Å². The number of aliphatic carboxylic acids is 1. The van der Waals surface area contributed by atoms with Gasteiger partial charge in [-0.15, -0.1) is 0 Å². The summed E-state index contributed by atoms with van der Waals surface area (Å²) < 4.78 is 49.6. The third kappa shape index (κ3) is 6.16. The van der Waals surface area contributed by atoms with Crippen molar-refractivity contribution in [2.75, 3.05) is 31.6 Å². The lowest BCUT2D eigenvalue weighted by atomic mass is 10.0. The zero-order valence-corrected chi connectivity index (χ0v) is 12.9. The van der Waals surface area contributed by atoms with E-state index in [1.807, 2.05) is 0 Å². The summed E-state index contributed by atoms with van der Waals surface area (Å²) in [6.07, 6.45) is 2.01. The van der Waals surface area contributed by atoms with Crippen molar-refractivity contribution >= 4 is 26.0 Å². The number of hydrogen-bond acceptors (Lipinski definition) is 5. The number of sulfonamides is 2. The SMILES string of the molecule is CS(=O)(=O)NCC1CCCN(S(=O)(=O)CCC(=O)O)C1. The molecule has 1 heterocycles. The lowest BCUT2D eigenvalue weighted by molar-refractivity contribution is -0.136. The van der Waals surface area contributed by atoms with Gasteiger partial charge in [0, 0.05) is 19.6 Å². The fourth-order valence-corrected chi connectivity index (χ4v) is 4.14. The lowest BCUT2D eigenvalue weighted by Crippen LogP contribution is -2.44. The molecule has 1 aliphatic heterocycles. The molecule has 10 heteroatoms. The average molecular weight is 328 g/mol. The topological polar surface area (TPSA) is 121 Å². The molecule has 1 aliphatic rings. The Morgan fingerprint density at radius 2 is 2.00 bits per heavy atom. The van der Waals surface area contributed by atoms with E-state index in [-0.39, 0.29) is 19.0 Å². The number of carbonyl (C=O) groups is 1. The van der Waals surface area contributed by atoms with Gasteiger partial charge in [0.1, 0.15) is 0 Å². The molecule has 0 spiro atoms. The Hall–Kier alpha value is -0.710. The Kier molecular flexibility index (Phi) is 5.92. The minimum Gasteiger partial charge on any atom is -0.481 e. The zero-order valence-electron chi connectivity index (χ0n) is 11.3. The van der Waals surface area contributed by atoms with Crippen LogP contribution in [-0.2, 0) is 24.8 Å². The molecular formula is C10H20N2O6S2. The monoisotopic (exact) mass is 328 g/mol. The van der Waals surface area contributed by atoms with Crippen molar-refractivity contribution in [3.8, 4) is 0 Å². The van der Waals surface area contributed by atoms with Gasteiger partial charge in [-0.05, 0) is 18.8 Å². The molecule has 0 aromatic rings. The summed E-state index contributed by atoms with van der Waals surface area (Å²) in [7, 11) is -6.88. The third-order valence-corrected chi connectivity index (χ3v) is 5.61. The summed E-state index contributed by atoms with van der Waals surface area (Å²) in [5.74, 6) is -1.66. The van der Waals surface area contributed by atoms with Gasteiger partial charge >= 0.3 is 5.97 Å². The molecule has 2 N–H and O–H groups in total. The highest BCUT2D eigenvalue weighted by atomic mass is 32.2. The Morgan fingerprint density at radius 1 is 1.35 bits per heavy atom. The predicted molar refractivity (Wildman–Crippen MR) is 73.2 cm³/mol. The van der Waals surface area contributed by atoms with Crippen LogP contribution in [0.2, 0.25) is 0 Å². The van der Waals surface area contributed by atoms with Crippen molar-refractivity contribution in [2.24, 2.45) is 5.92 Å². The maximum atomic E-state index is 12.0. The van der Waals surface area contributed by atoms with E-state index in [9.17, 15) is 21.6 Å². The molecule has 0 amide bonds. The molecule has 1 fully saturated rings. The van der Waals surface area contributed by atoms with E-state index in [4.69, 9.17) is 5.11 Å². The van der Waals surface area contributed by atoms with Crippen LogP contribution >= 0.6 is 0 Å². The minimum absolute atomic E-state index is 0.0851. The van der Waals surface area contributed by atoms with Gasteiger partial charge in [-0.2, -0.15) is 0 Å². The first-order valence-corrected chi connectivity index (χ1v) is 9.74. The molecule has 0 aliphatic carbocycles. The van der Waals surface area contributed by atoms with E-state index in [0.717, 1.165) is 12.7 Å². The summed E-state index contributed by atoms with van der Waals surface area (Å²) in [4.78, 5) is 10.4. The fourth-order valence-electron chi connectivity index (χ4n) is 2.06. The van der Waals surface area contributed by atoms with E-state index in [2.05, 4.69) is 4.72 Å². The summed E-state index contributed by atoms with van der Waals surface area (Å²) in [6.45, 7) is 0.783. The van der Waals surface area contributed by atoms with Crippen LogP contribution in [0.25, 0.3) is 0 Å². The molecule has 8 nitrogen and oxygen atoms in total. The highest BCUT2D eigenvalue weighted by molar-refractivity contribution is 7.89. The maximum absolute atomic E-state index is 12.0. The molecule has 118 valence electrons. The van der Waals surface area contributed by atoms with E-state index in [1.54, 1.807) is 0 Å². The third-order valence-electron chi connectivity index (χ3n) is 3.08. The highest BCUT2D eigenvalue weighted by Crippen LogP contribution is 2.19. The Balaban J connectivity index is 2.57. The van der Waals surface area contributed by atoms with Gasteiger partial charge in [0.25, 0.3) is 0 Å². The van der Waals surface area contributed by atoms with Gasteiger partial charge in [0.2, 0.25) is 20.0 Å². The Morgan fingerprint density at radius 3 is 2.55 bits per heavy atom. The van der Waals surface area contributed by atoms with Crippen LogP contribution in [0.3, 0.4) is 0 Å². The number of hydrogen-bond donors (Lipinski definition) is 2. The normalized spacial score (nSPS) is 21.8. The molecule has 1 atom stereocenters. The molecule has 1 unspecified atom stereocenters. The Bertz CT molecular complexity index is 542. The second-order valence-corrected chi connectivity index (χ2v) is 8.87. The van der Waals surface area contributed by atoms with Crippen molar-refractivity contribution in [1.82, 2.24) is 9.03 Å². The van der Waals surface area contributed by atoms with Crippen molar-refractivity contribution in [2.45, 2.75) is 19.3 Å². The van der Waals surface area contributed by atoms with Crippen LogP contribution in [-0.4, -0.2) is 63.9 Å². The number of piperidine rings is 1. The first-order chi connectivity index (χ1) is 9.10. The Labute approximate surface area is 119 Å². The highest BCUT2D eigenvalue weighted by Gasteiger charge is 2.29. The second kappa shape index (κ2) is 6.83. The van der Waals surface area contributed by atoms with Crippen LogP contribution in [0.5, 0.6) is 0 Å². The summed E-state index contributed by atoms with van der Waals surface area (Å²) in [5, 5.41) is 8.54. The van der Waals surface area contributed by atoms with Gasteiger partial charge in [-0.25, -0.2) is 25.9 Å². The summed E-state index contributed by atoms with van der Waals surface area (Å²) in [5.41, 5.74) is 0. The van der Waals surface area contributed by atoms with Crippen molar-refractivity contribution in [3.05, 3.63) is 0 Å². The molecule has 1 rings (SSSR count). The van der Waals surface area contributed by atoms with E-state index >= 15 is 0 Å². The number of nitrogens with zero attached hydrogens (tertiary/aromatic N) is 1. The van der Waals surface area contributed by atoms with Crippen molar-refractivity contribution in [1.29, 1.82) is 0 Å². The van der Waals surface area contributed by atoms with Crippen LogP contribution < -0.4 is 4.72 Å². The van der Waals surface area contributed by atoms with Crippen molar-refractivity contribution < 1.29 is 26.7 Å². The lowest BCUT2D eigenvalue weighted by Gasteiger charge is -2.31. The molecule has 20 heavy (non-hydrogen) atoms. The standard InChI is InChI=1S/C10H20N2O6S2/c1-19(15,16)11-7-9-3-2-5-12(8-9)20(17,18)6-4-10(13)14/h9,11H,2-8H2,1H3,(H,13,14). The number of carboxylic acids is 1. The average Bonchev–Trinajstić information content (AvgIpc) is 2.34. The smallest absolute Gasteiger partial charge is 0.304 e. The van der Waals surface area contributed by atoms with Gasteiger partial charge in [0.05, 0.1) is 18.4 Å². The zero-order chi connectivity index (χ0) is 15.4. The molecule has 0 aromatic heterocycles. The van der Waals surface area contributed by atoms with Crippen LogP contribution in [0.15, 0.2) is 0 Å². The molecule has 0 bridgehead atoms. The van der Waals surface area contributed by atoms with E-state index < -0.39 is 38.2 Å². The molecule has 0 aromatic carbocycles. The second-order valence-electron chi connectivity index (χ2n) is 4.95. The summed E-state index contributed by atoms with van der Waals surface area (Å²) in [6, 6.07) is 0. The first-order valence-electron chi connectivity index (χ1n) is 6.24. The van der Waals surface area contributed by atoms with Crippen LogP contribution in [0.1, 0.15) is 19.3 Å².